The van der Waals surface area contributed by atoms with Gasteiger partial charge in [-0.2, -0.15) is 13.2 Å². The van der Waals surface area contributed by atoms with E-state index in [0.717, 1.165) is 6.07 Å². The second kappa shape index (κ2) is 4.40. The minimum Gasteiger partial charge on any atom is -0.314 e. The molecule has 1 aromatic carbocycles. The van der Waals surface area contributed by atoms with Crippen molar-refractivity contribution in [1.29, 1.82) is 0 Å². The van der Waals surface area contributed by atoms with Crippen LogP contribution in [0.4, 0.5) is 17.6 Å². The second-order valence-electron chi connectivity index (χ2n) is 3.61. The summed E-state index contributed by atoms with van der Waals surface area (Å²) in [6, 6.07) is 3.10. The van der Waals surface area contributed by atoms with Crippen molar-refractivity contribution in [3.63, 3.8) is 0 Å². The number of aryl methyl sites for hydroxylation is 1. The zero-order valence-electron chi connectivity index (χ0n) is 9.37. The van der Waals surface area contributed by atoms with Crippen LogP contribution >= 0.6 is 0 Å². The van der Waals surface area contributed by atoms with Gasteiger partial charge in [-0.05, 0) is 19.1 Å². The third-order valence-corrected chi connectivity index (χ3v) is 2.50. The zero-order valence-corrected chi connectivity index (χ0v) is 9.37. The monoisotopic (exact) mass is 259 g/mol. The van der Waals surface area contributed by atoms with Gasteiger partial charge in [0.1, 0.15) is 12.1 Å². The summed E-state index contributed by atoms with van der Waals surface area (Å²) in [5.74, 6) is -1.24. The quantitative estimate of drug-likeness (QED) is 0.776. The minimum atomic E-state index is -4.73. The Labute approximate surface area is 100 Å². The Morgan fingerprint density at radius 3 is 2.61 bits per heavy atom. The molecule has 2 aromatic rings. The van der Waals surface area contributed by atoms with Gasteiger partial charge in [-0.1, -0.05) is 6.07 Å². The van der Waals surface area contributed by atoms with Crippen molar-refractivity contribution >= 4 is 0 Å². The second-order valence-corrected chi connectivity index (χ2v) is 3.61. The van der Waals surface area contributed by atoms with Gasteiger partial charge in [0.25, 0.3) is 0 Å². The van der Waals surface area contributed by atoms with E-state index in [1.807, 2.05) is 0 Å². The normalized spacial score (nSPS) is 11.8. The van der Waals surface area contributed by atoms with Gasteiger partial charge in [-0.15, -0.1) is 10.2 Å². The van der Waals surface area contributed by atoms with Gasteiger partial charge in [-0.3, -0.25) is 0 Å². The first-order chi connectivity index (χ1) is 8.45. The lowest BCUT2D eigenvalue weighted by Crippen LogP contribution is -2.09. The molecule has 2 rings (SSSR count). The molecule has 96 valence electrons. The Balaban J connectivity index is 2.60. The summed E-state index contributed by atoms with van der Waals surface area (Å²) in [5, 5.41) is 7.21. The van der Waals surface area contributed by atoms with E-state index in [1.165, 1.54) is 17.0 Å². The van der Waals surface area contributed by atoms with Crippen LogP contribution in [0.2, 0.25) is 0 Å². The molecule has 0 atom stereocenters. The Morgan fingerprint density at radius 1 is 1.28 bits per heavy atom. The number of nitrogens with zero attached hydrogens (tertiary/aromatic N) is 3. The maximum Gasteiger partial charge on any atom is 0.419 e. The van der Waals surface area contributed by atoms with Crippen molar-refractivity contribution in [2.45, 2.75) is 19.6 Å². The molecule has 0 aliphatic rings. The topological polar surface area (TPSA) is 30.7 Å². The van der Waals surface area contributed by atoms with Crippen LogP contribution in [0.3, 0.4) is 0 Å². The predicted molar refractivity (Wildman–Crippen MR) is 56.1 cm³/mol. The molecular weight excluding hydrogens is 250 g/mol. The van der Waals surface area contributed by atoms with Gasteiger partial charge in [0, 0.05) is 6.54 Å². The highest BCUT2D eigenvalue weighted by molar-refractivity contribution is 5.57. The standard InChI is InChI=1S/C11H9F4N3/c1-2-18-6-16-17-10(18)7-4-3-5-8(9(7)12)11(13,14)15/h3-6H,2H2,1H3. The summed E-state index contributed by atoms with van der Waals surface area (Å²) in [4.78, 5) is 0. The highest BCUT2D eigenvalue weighted by Gasteiger charge is 2.35. The lowest BCUT2D eigenvalue weighted by molar-refractivity contribution is -0.139. The fraction of sp³-hybridized carbons (Fsp3) is 0.273. The van der Waals surface area contributed by atoms with Gasteiger partial charge in [0.2, 0.25) is 0 Å². The third kappa shape index (κ3) is 2.07. The third-order valence-electron chi connectivity index (χ3n) is 2.50. The van der Waals surface area contributed by atoms with Crippen LogP contribution in [0.15, 0.2) is 24.5 Å². The molecule has 0 radical (unpaired) electrons. The molecule has 0 bridgehead atoms. The lowest BCUT2D eigenvalue weighted by atomic mass is 10.1. The number of aromatic nitrogens is 3. The fourth-order valence-electron chi connectivity index (χ4n) is 1.62. The molecular formula is C11H9F4N3. The van der Waals surface area contributed by atoms with Gasteiger partial charge >= 0.3 is 6.18 Å². The van der Waals surface area contributed by atoms with Gasteiger partial charge in [0.15, 0.2) is 5.82 Å². The summed E-state index contributed by atoms with van der Waals surface area (Å²) in [5.41, 5.74) is -1.50. The number of halogens is 4. The van der Waals surface area contributed by atoms with Crippen molar-refractivity contribution in [3.8, 4) is 11.4 Å². The smallest absolute Gasteiger partial charge is 0.314 e. The van der Waals surface area contributed by atoms with E-state index in [2.05, 4.69) is 10.2 Å². The first kappa shape index (κ1) is 12.5. The van der Waals surface area contributed by atoms with Crippen molar-refractivity contribution in [2.75, 3.05) is 0 Å². The Morgan fingerprint density at radius 2 is 2.00 bits per heavy atom. The lowest BCUT2D eigenvalue weighted by Gasteiger charge is -2.11. The van der Waals surface area contributed by atoms with E-state index in [1.54, 1.807) is 6.92 Å². The zero-order chi connectivity index (χ0) is 13.3. The molecule has 0 fully saturated rings. The van der Waals surface area contributed by atoms with Crippen LogP contribution in [0.5, 0.6) is 0 Å². The van der Waals surface area contributed by atoms with E-state index in [9.17, 15) is 17.6 Å². The van der Waals surface area contributed by atoms with Gasteiger partial charge < -0.3 is 4.57 Å². The molecule has 1 aromatic heterocycles. The number of hydrogen-bond acceptors (Lipinski definition) is 2. The maximum absolute atomic E-state index is 13.8. The number of rotatable bonds is 2. The van der Waals surface area contributed by atoms with Crippen molar-refractivity contribution in [1.82, 2.24) is 14.8 Å². The summed E-state index contributed by atoms with van der Waals surface area (Å²) in [6.07, 6.45) is -3.38. The Hall–Kier alpha value is -1.92. The largest absolute Gasteiger partial charge is 0.419 e. The molecule has 0 saturated carbocycles. The van der Waals surface area contributed by atoms with Crippen molar-refractivity contribution in [3.05, 3.63) is 35.9 Å². The Kier molecular flexibility index (Phi) is 3.06. The van der Waals surface area contributed by atoms with Gasteiger partial charge in [-0.25, -0.2) is 4.39 Å². The van der Waals surface area contributed by atoms with Crippen LogP contribution in [0.1, 0.15) is 12.5 Å². The molecule has 18 heavy (non-hydrogen) atoms. The number of hydrogen-bond donors (Lipinski definition) is 0. The van der Waals surface area contributed by atoms with Crippen LogP contribution in [0, 0.1) is 5.82 Å². The molecule has 0 N–H and O–H groups in total. The van der Waals surface area contributed by atoms with E-state index in [0.29, 0.717) is 12.6 Å². The summed E-state index contributed by atoms with van der Waals surface area (Å²) >= 11 is 0. The first-order valence-electron chi connectivity index (χ1n) is 5.19. The SMILES string of the molecule is CCn1cnnc1-c1cccc(C(F)(F)F)c1F. The molecule has 0 saturated heterocycles. The Bertz CT molecular complexity index is 560. The number of alkyl halides is 3. The van der Waals surface area contributed by atoms with Crippen LogP contribution in [-0.4, -0.2) is 14.8 Å². The molecule has 0 amide bonds. The molecule has 0 spiro atoms. The van der Waals surface area contributed by atoms with E-state index in [-0.39, 0.29) is 11.4 Å². The van der Waals surface area contributed by atoms with Crippen LogP contribution < -0.4 is 0 Å². The molecule has 3 nitrogen and oxygen atoms in total. The highest BCUT2D eigenvalue weighted by Crippen LogP contribution is 2.34. The van der Waals surface area contributed by atoms with E-state index >= 15 is 0 Å². The first-order valence-corrected chi connectivity index (χ1v) is 5.19. The summed E-state index contributed by atoms with van der Waals surface area (Å²) < 4.78 is 53.0. The fourth-order valence-corrected chi connectivity index (χ4v) is 1.62. The molecule has 0 unspecified atom stereocenters. The molecule has 0 aliphatic heterocycles. The van der Waals surface area contributed by atoms with Gasteiger partial charge in [0.05, 0.1) is 11.1 Å². The highest BCUT2D eigenvalue weighted by atomic mass is 19.4. The molecule has 0 aliphatic carbocycles. The average molecular weight is 259 g/mol. The summed E-state index contributed by atoms with van der Waals surface area (Å²) in [7, 11) is 0. The van der Waals surface area contributed by atoms with Crippen molar-refractivity contribution < 1.29 is 17.6 Å². The number of benzene rings is 1. The van der Waals surface area contributed by atoms with Crippen LogP contribution in [-0.2, 0) is 12.7 Å². The van der Waals surface area contributed by atoms with E-state index < -0.39 is 17.6 Å². The van der Waals surface area contributed by atoms with Crippen LogP contribution in [0.25, 0.3) is 11.4 Å². The van der Waals surface area contributed by atoms with Crippen molar-refractivity contribution in [2.24, 2.45) is 0 Å². The minimum absolute atomic E-state index is 0.0844. The van der Waals surface area contributed by atoms with E-state index in [4.69, 9.17) is 0 Å². The molecule has 7 heteroatoms. The molecule has 1 heterocycles. The summed E-state index contributed by atoms with van der Waals surface area (Å²) in [6.45, 7) is 2.20. The average Bonchev–Trinajstić information content (AvgIpc) is 2.75. The maximum atomic E-state index is 13.8. The predicted octanol–water partition coefficient (Wildman–Crippen LogP) is 3.12.